The molecule has 1 aliphatic rings. The van der Waals surface area contributed by atoms with Crippen molar-refractivity contribution in [2.45, 2.75) is 32.6 Å². The number of thiocarbonyl (C=S) groups is 1. The maximum absolute atomic E-state index is 11.9. The lowest BCUT2D eigenvalue weighted by Gasteiger charge is -2.22. The van der Waals surface area contributed by atoms with Crippen LogP contribution in [-0.4, -0.2) is 29.0 Å². The summed E-state index contributed by atoms with van der Waals surface area (Å²) in [6.45, 7) is 3.93. The van der Waals surface area contributed by atoms with E-state index >= 15 is 0 Å². The average molecular weight is 302 g/mol. The lowest BCUT2D eigenvalue weighted by Crippen LogP contribution is -2.42. The Kier molecular flexibility index (Phi) is 5.93. The number of amides is 1. The summed E-state index contributed by atoms with van der Waals surface area (Å²) in [6.07, 6.45) is 8.14. The first kappa shape index (κ1) is 15.7. The van der Waals surface area contributed by atoms with Crippen LogP contribution in [0.15, 0.2) is 30.3 Å². The summed E-state index contributed by atoms with van der Waals surface area (Å²) in [5.41, 5.74) is 2.22. The van der Waals surface area contributed by atoms with E-state index in [2.05, 4.69) is 10.2 Å². The quantitative estimate of drug-likeness (QED) is 0.672. The Bertz CT molecular complexity index is 514. The minimum absolute atomic E-state index is 0.162. The van der Waals surface area contributed by atoms with Crippen molar-refractivity contribution in [3.63, 3.8) is 0 Å². The molecular formula is C17H22N2OS. The molecule has 1 aliphatic heterocycles. The van der Waals surface area contributed by atoms with Crippen LogP contribution in [0.1, 0.15) is 36.8 Å². The van der Waals surface area contributed by atoms with Crippen molar-refractivity contribution in [3.05, 3.63) is 41.5 Å². The summed E-state index contributed by atoms with van der Waals surface area (Å²) in [5, 5.41) is 3.34. The highest BCUT2D eigenvalue weighted by Crippen LogP contribution is 2.09. The van der Waals surface area contributed by atoms with Gasteiger partial charge in [-0.1, -0.05) is 42.7 Å². The molecule has 0 aliphatic carbocycles. The SMILES string of the molecule is Cc1ccc(C=CC(=O)NC(=S)N2CCCCCC2)cc1. The minimum Gasteiger partial charge on any atom is -0.349 e. The van der Waals surface area contributed by atoms with Gasteiger partial charge in [0.15, 0.2) is 5.11 Å². The fourth-order valence-electron chi connectivity index (χ4n) is 2.35. The number of likely N-dealkylation sites (tertiary alicyclic amines) is 1. The zero-order valence-corrected chi connectivity index (χ0v) is 13.3. The second kappa shape index (κ2) is 7.93. The van der Waals surface area contributed by atoms with Gasteiger partial charge in [-0.3, -0.25) is 10.1 Å². The van der Waals surface area contributed by atoms with Crippen molar-refractivity contribution < 1.29 is 4.79 Å². The first-order valence-electron chi connectivity index (χ1n) is 7.50. The average Bonchev–Trinajstić information content (AvgIpc) is 2.76. The van der Waals surface area contributed by atoms with E-state index in [0.29, 0.717) is 5.11 Å². The number of benzene rings is 1. The number of carbonyl (C=O) groups is 1. The number of rotatable bonds is 2. The molecule has 21 heavy (non-hydrogen) atoms. The summed E-state index contributed by atoms with van der Waals surface area (Å²) in [5.74, 6) is -0.162. The van der Waals surface area contributed by atoms with Crippen molar-refractivity contribution >= 4 is 29.3 Å². The molecule has 1 amide bonds. The Balaban J connectivity index is 1.85. The summed E-state index contributed by atoms with van der Waals surface area (Å²) in [6, 6.07) is 8.04. The molecule has 0 spiro atoms. The summed E-state index contributed by atoms with van der Waals surface area (Å²) in [7, 11) is 0. The Hall–Kier alpha value is -1.68. The predicted octanol–water partition coefficient (Wildman–Crippen LogP) is 3.29. The smallest absolute Gasteiger partial charge is 0.250 e. The molecule has 0 unspecified atom stereocenters. The zero-order valence-electron chi connectivity index (χ0n) is 12.5. The Morgan fingerprint density at radius 2 is 1.76 bits per heavy atom. The van der Waals surface area contributed by atoms with Crippen molar-refractivity contribution in [3.8, 4) is 0 Å². The van der Waals surface area contributed by atoms with E-state index in [1.165, 1.54) is 24.5 Å². The van der Waals surface area contributed by atoms with E-state index in [0.717, 1.165) is 31.5 Å². The number of carbonyl (C=O) groups excluding carboxylic acids is 1. The fraction of sp³-hybridized carbons (Fsp3) is 0.412. The molecule has 1 saturated heterocycles. The highest BCUT2D eigenvalue weighted by Gasteiger charge is 2.13. The molecule has 1 aromatic rings. The van der Waals surface area contributed by atoms with Gasteiger partial charge in [0.2, 0.25) is 5.91 Å². The molecule has 0 bridgehead atoms. The minimum atomic E-state index is -0.162. The lowest BCUT2D eigenvalue weighted by molar-refractivity contribution is -0.115. The van der Waals surface area contributed by atoms with Crippen molar-refractivity contribution in [2.75, 3.05) is 13.1 Å². The normalized spacial score (nSPS) is 15.8. The molecule has 1 fully saturated rings. The van der Waals surface area contributed by atoms with E-state index in [1.807, 2.05) is 31.2 Å². The summed E-state index contributed by atoms with van der Waals surface area (Å²) in [4.78, 5) is 14.0. The second-order valence-electron chi connectivity index (χ2n) is 5.44. The molecular weight excluding hydrogens is 280 g/mol. The molecule has 0 saturated carbocycles. The molecule has 0 atom stereocenters. The lowest BCUT2D eigenvalue weighted by atomic mass is 10.1. The molecule has 4 heteroatoms. The third-order valence-corrected chi connectivity index (χ3v) is 3.99. The van der Waals surface area contributed by atoms with E-state index < -0.39 is 0 Å². The monoisotopic (exact) mass is 302 g/mol. The van der Waals surface area contributed by atoms with Gasteiger partial charge in [0.05, 0.1) is 0 Å². The molecule has 3 nitrogen and oxygen atoms in total. The maximum atomic E-state index is 11.9. The highest BCUT2D eigenvalue weighted by atomic mass is 32.1. The molecule has 0 radical (unpaired) electrons. The number of nitrogens with one attached hydrogen (secondary N) is 1. The van der Waals surface area contributed by atoms with Gasteiger partial charge in [-0.15, -0.1) is 0 Å². The van der Waals surface area contributed by atoms with Gasteiger partial charge in [-0.05, 0) is 43.6 Å². The number of hydrogen-bond donors (Lipinski definition) is 1. The Morgan fingerprint density at radius 3 is 2.38 bits per heavy atom. The van der Waals surface area contributed by atoms with Crippen LogP contribution in [0.5, 0.6) is 0 Å². The third kappa shape index (κ3) is 5.31. The fourth-order valence-corrected chi connectivity index (χ4v) is 2.63. The molecule has 112 valence electrons. The van der Waals surface area contributed by atoms with Crippen LogP contribution in [0.3, 0.4) is 0 Å². The van der Waals surface area contributed by atoms with Gasteiger partial charge in [-0.2, -0.15) is 0 Å². The van der Waals surface area contributed by atoms with Gasteiger partial charge < -0.3 is 4.90 Å². The van der Waals surface area contributed by atoms with Crippen LogP contribution in [0, 0.1) is 6.92 Å². The van der Waals surface area contributed by atoms with E-state index in [-0.39, 0.29) is 5.91 Å². The van der Waals surface area contributed by atoms with Gasteiger partial charge in [0, 0.05) is 19.2 Å². The second-order valence-corrected chi connectivity index (χ2v) is 5.83. The molecule has 1 N–H and O–H groups in total. The number of nitrogens with zero attached hydrogens (tertiary/aromatic N) is 1. The van der Waals surface area contributed by atoms with Crippen LogP contribution >= 0.6 is 12.2 Å². The summed E-state index contributed by atoms with van der Waals surface area (Å²) < 4.78 is 0. The van der Waals surface area contributed by atoms with E-state index in [9.17, 15) is 4.79 Å². The zero-order chi connectivity index (χ0) is 15.1. The van der Waals surface area contributed by atoms with Crippen LogP contribution in [0.4, 0.5) is 0 Å². The topological polar surface area (TPSA) is 32.3 Å². The van der Waals surface area contributed by atoms with Crippen molar-refractivity contribution in [2.24, 2.45) is 0 Å². The van der Waals surface area contributed by atoms with E-state index in [1.54, 1.807) is 6.08 Å². The third-order valence-electron chi connectivity index (χ3n) is 3.63. The summed E-state index contributed by atoms with van der Waals surface area (Å²) >= 11 is 5.32. The van der Waals surface area contributed by atoms with Crippen LogP contribution < -0.4 is 5.32 Å². The van der Waals surface area contributed by atoms with Gasteiger partial charge in [0.1, 0.15) is 0 Å². The predicted molar refractivity (Wildman–Crippen MR) is 91.0 cm³/mol. The van der Waals surface area contributed by atoms with Gasteiger partial charge >= 0.3 is 0 Å². The molecule has 1 heterocycles. The Morgan fingerprint density at radius 1 is 1.14 bits per heavy atom. The first-order valence-corrected chi connectivity index (χ1v) is 7.90. The van der Waals surface area contributed by atoms with Crippen molar-refractivity contribution in [1.29, 1.82) is 0 Å². The maximum Gasteiger partial charge on any atom is 0.250 e. The van der Waals surface area contributed by atoms with Crippen LogP contribution in [-0.2, 0) is 4.79 Å². The number of hydrogen-bond acceptors (Lipinski definition) is 2. The van der Waals surface area contributed by atoms with Crippen LogP contribution in [0.25, 0.3) is 6.08 Å². The molecule has 0 aromatic heterocycles. The van der Waals surface area contributed by atoms with Crippen molar-refractivity contribution in [1.82, 2.24) is 10.2 Å². The largest absolute Gasteiger partial charge is 0.349 e. The van der Waals surface area contributed by atoms with Gasteiger partial charge in [-0.25, -0.2) is 0 Å². The van der Waals surface area contributed by atoms with Gasteiger partial charge in [0.25, 0.3) is 0 Å². The molecule has 1 aromatic carbocycles. The standard InChI is InChI=1S/C17H22N2OS/c1-14-6-8-15(9-7-14)10-11-16(20)18-17(21)19-12-4-2-3-5-13-19/h6-11H,2-5,12-13H2,1H3,(H,18,20,21). The highest BCUT2D eigenvalue weighted by molar-refractivity contribution is 7.80. The van der Waals surface area contributed by atoms with Crippen LogP contribution in [0.2, 0.25) is 0 Å². The Labute approximate surface area is 132 Å². The number of aryl methyl sites for hydroxylation is 1. The van der Waals surface area contributed by atoms with E-state index in [4.69, 9.17) is 12.2 Å². The first-order chi connectivity index (χ1) is 10.1. The molecule has 2 rings (SSSR count).